The van der Waals surface area contributed by atoms with E-state index in [1.807, 2.05) is 32.0 Å². The van der Waals surface area contributed by atoms with Crippen LogP contribution in [0, 0.1) is 13.8 Å². The molecule has 0 N–H and O–H groups in total. The number of carbonyl (C=O) groups is 1. The summed E-state index contributed by atoms with van der Waals surface area (Å²) in [5.41, 5.74) is 3.16. The molecule has 150 valence electrons. The molecule has 6 nitrogen and oxygen atoms in total. The Morgan fingerprint density at radius 2 is 1.72 bits per heavy atom. The smallest absolute Gasteiger partial charge is 0.287 e. The quantitative estimate of drug-likeness (QED) is 0.435. The summed E-state index contributed by atoms with van der Waals surface area (Å²) in [6.45, 7) is 3.97. The standard InChI is InChI=1S/C22H22N2O4S/c1-14-9-15(2)11-17(10-14)24-8-7-23-21(22(24)26)29-13-18(25)16-5-6-19(27-3)20(12-16)28-4/h5-12H,13H2,1-4H3. The molecule has 2 aromatic carbocycles. The van der Waals surface area contributed by atoms with Crippen molar-refractivity contribution in [3.63, 3.8) is 0 Å². The first-order valence-corrected chi connectivity index (χ1v) is 9.96. The molecule has 1 aromatic heterocycles. The largest absolute Gasteiger partial charge is 0.493 e. The lowest BCUT2D eigenvalue weighted by Crippen LogP contribution is -2.21. The fourth-order valence-corrected chi connectivity index (χ4v) is 3.80. The number of thioether (sulfide) groups is 1. The van der Waals surface area contributed by atoms with Crippen LogP contribution >= 0.6 is 11.8 Å². The molecule has 3 rings (SSSR count). The van der Waals surface area contributed by atoms with Crippen LogP contribution in [0.4, 0.5) is 0 Å². The van der Waals surface area contributed by atoms with E-state index in [2.05, 4.69) is 4.98 Å². The molecule has 0 radical (unpaired) electrons. The molecular weight excluding hydrogens is 388 g/mol. The van der Waals surface area contributed by atoms with E-state index in [-0.39, 0.29) is 22.1 Å². The van der Waals surface area contributed by atoms with E-state index in [1.54, 1.807) is 35.2 Å². The Morgan fingerprint density at radius 1 is 1.03 bits per heavy atom. The summed E-state index contributed by atoms with van der Waals surface area (Å²) >= 11 is 1.12. The van der Waals surface area contributed by atoms with Gasteiger partial charge < -0.3 is 9.47 Å². The molecule has 0 aliphatic heterocycles. The van der Waals surface area contributed by atoms with E-state index in [9.17, 15) is 9.59 Å². The summed E-state index contributed by atoms with van der Waals surface area (Å²) in [7, 11) is 3.06. The molecule has 0 aliphatic rings. The second-order valence-electron chi connectivity index (χ2n) is 6.54. The number of ether oxygens (including phenoxy) is 2. The van der Waals surface area contributed by atoms with E-state index >= 15 is 0 Å². The van der Waals surface area contributed by atoms with Gasteiger partial charge in [0.2, 0.25) is 0 Å². The van der Waals surface area contributed by atoms with Gasteiger partial charge >= 0.3 is 0 Å². The number of benzene rings is 2. The van der Waals surface area contributed by atoms with Crippen molar-refractivity contribution in [3.8, 4) is 17.2 Å². The SMILES string of the molecule is COc1ccc(C(=O)CSc2nccn(-c3cc(C)cc(C)c3)c2=O)cc1OC. The lowest BCUT2D eigenvalue weighted by molar-refractivity contribution is 0.102. The van der Waals surface area contributed by atoms with Crippen molar-refractivity contribution in [1.82, 2.24) is 9.55 Å². The third-order valence-electron chi connectivity index (χ3n) is 4.34. The average molecular weight is 410 g/mol. The summed E-state index contributed by atoms with van der Waals surface area (Å²) in [4.78, 5) is 29.6. The fourth-order valence-electron chi connectivity index (χ4n) is 3.01. The summed E-state index contributed by atoms with van der Waals surface area (Å²) in [5.74, 6) is 1.00. The summed E-state index contributed by atoms with van der Waals surface area (Å²) in [5, 5.41) is 0.278. The molecule has 0 fully saturated rings. The molecule has 0 bridgehead atoms. The van der Waals surface area contributed by atoms with E-state index in [0.717, 1.165) is 28.6 Å². The zero-order valence-corrected chi connectivity index (χ0v) is 17.6. The average Bonchev–Trinajstić information content (AvgIpc) is 2.71. The van der Waals surface area contributed by atoms with Gasteiger partial charge in [-0.05, 0) is 55.3 Å². The van der Waals surface area contributed by atoms with Gasteiger partial charge in [-0.15, -0.1) is 0 Å². The van der Waals surface area contributed by atoms with Crippen LogP contribution in [-0.2, 0) is 0 Å². The minimum Gasteiger partial charge on any atom is -0.493 e. The summed E-state index contributed by atoms with van der Waals surface area (Å²) in [6.07, 6.45) is 3.21. The predicted octanol–water partition coefficient (Wildman–Crippen LogP) is 3.84. The first kappa shape index (κ1) is 20.7. The highest BCUT2D eigenvalue weighted by Gasteiger charge is 2.14. The highest BCUT2D eigenvalue weighted by molar-refractivity contribution is 7.99. The second kappa shape index (κ2) is 8.96. The number of carbonyl (C=O) groups excluding carboxylic acids is 1. The minimum atomic E-state index is -0.248. The Morgan fingerprint density at radius 3 is 2.38 bits per heavy atom. The molecule has 0 atom stereocenters. The van der Waals surface area contributed by atoms with Gasteiger partial charge in [0.15, 0.2) is 22.3 Å². The molecule has 0 saturated heterocycles. The van der Waals surface area contributed by atoms with Gasteiger partial charge in [-0.1, -0.05) is 17.8 Å². The first-order valence-electron chi connectivity index (χ1n) is 8.97. The van der Waals surface area contributed by atoms with Gasteiger partial charge in [-0.25, -0.2) is 4.98 Å². The number of hydrogen-bond donors (Lipinski definition) is 0. The zero-order valence-electron chi connectivity index (χ0n) is 16.8. The van der Waals surface area contributed by atoms with Gasteiger partial charge in [-0.2, -0.15) is 0 Å². The number of Topliss-reactive ketones (excluding diaryl/α,β-unsaturated/α-hetero) is 1. The van der Waals surface area contributed by atoms with Gasteiger partial charge in [0, 0.05) is 23.6 Å². The van der Waals surface area contributed by atoms with E-state index < -0.39 is 0 Å². The molecule has 1 heterocycles. The van der Waals surface area contributed by atoms with Crippen molar-refractivity contribution in [2.24, 2.45) is 0 Å². The van der Waals surface area contributed by atoms with Crippen molar-refractivity contribution >= 4 is 17.5 Å². The number of methoxy groups -OCH3 is 2. The third kappa shape index (κ3) is 4.68. The number of nitrogens with zero attached hydrogens (tertiary/aromatic N) is 2. The van der Waals surface area contributed by atoms with Crippen LogP contribution in [0.3, 0.4) is 0 Å². The molecule has 0 amide bonds. The number of rotatable bonds is 7. The van der Waals surface area contributed by atoms with Crippen LogP contribution in [0.1, 0.15) is 21.5 Å². The Labute approximate surface area is 173 Å². The highest BCUT2D eigenvalue weighted by atomic mass is 32.2. The lowest BCUT2D eigenvalue weighted by Gasteiger charge is -2.10. The monoisotopic (exact) mass is 410 g/mol. The number of aryl methyl sites for hydroxylation is 2. The Bertz CT molecular complexity index is 1090. The molecule has 7 heteroatoms. The molecule has 29 heavy (non-hydrogen) atoms. The van der Waals surface area contributed by atoms with Gasteiger partial charge in [0.05, 0.1) is 20.0 Å². The number of aromatic nitrogens is 2. The zero-order chi connectivity index (χ0) is 21.0. The van der Waals surface area contributed by atoms with Gasteiger partial charge in [0.1, 0.15) is 0 Å². The fraction of sp³-hybridized carbons (Fsp3) is 0.227. The second-order valence-corrected chi connectivity index (χ2v) is 7.50. The van der Waals surface area contributed by atoms with Crippen LogP contribution < -0.4 is 15.0 Å². The normalized spacial score (nSPS) is 10.6. The molecule has 0 unspecified atom stereocenters. The van der Waals surface area contributed by atoms with E-state index in [0.29, 0.717) is 17.1 Å². The highest BCUT2D eigenvalue weighted by Crippen LogP contribution is 2.28. The van der Waals surface area contributed by atoms with Gasteiger partial charge in [-0.3, -0.25) is 14.2 Å². The van der Waals surface area contributed by atoms with Crippen LogP contribution in [0.25, 0.3) is 5.69 Å². The Balaban J connectivity index is 1.81. The van der Waals surface area contributed by atoms with Crippen molar-refractivity contribution in [2.75, 3.05) is 20.0 Å². The molecular formula is C22H22N2O4S. The maximum atomic E-state index is 12.9. The maximum Gasteiger partial charge on any atom is 0.287 e. The van der Waals surface area contributed by atoms with Crippen LogP contribution in [0.5, 0.6) is 11.5 Å². The van der Waals surface area contributed by atoms with Gasteiger partial charge in [0.25, 0.3) is 5.56 Å². The Kier molecular flexibility index (Phi) is 6.39. The van der Waals surface area contributed by atoms with Crippen LogP contribution in [0.15, 0.2) is 58.6 Å². The van der Waals surface area contributed by atoms with E-state index in [4.69, 9.17) is 9.47 Å². The molecule has 0 saturated carbocycles. The van der Waals surface area contributed by atoms with Crippen molar-refractivity contribution < 1.29 is 14.3 Å². The first-order chi connectivity index (χ1) is 13.9. The van der Waals surface area contributed by atoms with Crippen LogP contribution in [0.2, 0.25) is 0 Å². The topological polar surface area (TPSA) is 70.4 Å². The number of hydrogen-bond acceptors (Lipinski definition) is 6. The maximum absolute atomic E-state index is 12.9. The summed E-state index contributed by atoms with van der Waals surface area (Å²) in [6, 6.07) is 10.9. The van der Waals surface area contributed by atoms with Crippen molar-refractivity contribution in [3.05, 3.63) is 75.8 Å². The predicted molar refractivity (Wildman–Crippen MR) is 114 cm³/mol. The van der Waals surface area contributed by atoms with E-state index in [1.165, 1.54) is 14.2 Å². The van der Waals surface area contributed by atoms with Crippen LogP contribution in [-0.4, -0.2) is 35.3 Å². The lowest BCUT2D eigenvalue weighted by atomic mass is 10.1. The number of ketones is 1. The molecule has 3 aromatic rings. The minimum absolute atomic E-state index is 0.0918. The molecule has 0 spiro atoms. The Hall–Kier alpha value is -3.06. The van der Waals surface area contributed by atoms with Crippen molar-refractivity contribution in [1.29, 1.82) is 0 Å². The third-order valence-corrected chi connectivity index (χ3v) is 5.30. The summed E-state index contributed by atoms with van der Waals surface area (Å²) < 4.78 is 12.0. The molecule has 0 aliphatic carbocycles. The van der Waals surface area contributed by atoms with Crippen molar-refractivity contribution in [2.45, 2.75) is 18.9 Å².